The molecular formula is C60H70O12S. The van der Waals surface area contributed by atoms with Crippen LogP contribution in [0.3, 0.4) is 0 Å². The molecule has 9 rings (SSSR count). The van der Waals surface area contributed by atoms with Crippen molar-refractivity contribution >= 4 is 23.7 Å². The highest BCUT2D eigenvalue weighted by Gasteiger charge is 2.56. The fourth-order valence-corrected chi connectivity index (χ4v) is 12.7. The number of hydrogen-bond donors (Lipinski definition) is 2. The number of esters is 2. The quantitative estimate of drug-likeness (QED) is 0.0673. The van der Waals surface area contributed by atoms with E-state index in [4.69, 9.17) is 37.9 Å². The molecule has 12 nitrogen and oxygen atoms in total. The second-order valence-electron chi connectivity index (χ2n) is 19.8. The molecule has 0 amide bonds. The minimum Gasteiger partial charge on any atom is -0.452 e. The second-order valence-corrected chi connectivity index (χ2v) is 21.0. The Morgan fingerprint density at radius 3 is 1.47 bits per heavy atom. The monoisotopic (exact) mass is 1010 g/mol. The van der Waals surface area contributed by atoms with Crippen LogP contribution in [0.1, 0.15) is 102 Å². The van der Waals surface area contributed by atoms with Crippen molar-refractivity contribution < 1.29 is 57.7 Å². The van der Waals surface area contributed by atoms with Crippen molar-refractivity contribution in [1.82, 2.24) is 0 Å². The van der Waals surface area contributed by atoms with Crippen LogP contribution in [0.15, 0.2) is 152 Å². The summed E-state index contributed by atoms with van der Waals surface area (Å²) in [5, 5.41) is 23.7. The van der Waals surface area contributed by atoms with E-state index in [9.17, 15) is 19.8 Å². The number of hydrogen-bond acceptors (Lipinski definition) is 13. The van der Waals surface area contributed by atoms with Crippen molar-refractivity contribution in [2.45, 2.75) is 150 Å². The van der Waals surface area contributed by atoms with Gasteiger partial charge >= 0.3 is 11.9 Å². The molecule has 388 valence electrons. The maximum Gasteiger partial charge on any atom is 0.338 e. The van der Waals surface area contributed by atoms with Crippen LogP contribution in [0.5, 0.6) is 0 Å². The first-order chi connectivity index (χ1) is 35.9. The van der Waals surface area contributed by atoms with Crippen molar-refractivity contribution in [2.75, 3.05) is 13.2 Å². The lowest BCUT2D eigenvalue weighted by Crippen LogP contribution is -2.66. The molecule has 2 saturated heterocycles. The van der Waals surface area contributed by atoms with Gasteiger partial charge in [0.2, 0.25) is 0 Å². The van der Waals surface area contributed by atoms with Gasteiger partial charge in [0.1, 0.15) is 42.1 Å². The number of thioether (sulfide) groups is 1. The van der Waals surface area contributed by atoms with Gasteiger partial charge in [0.25, 0.3) is 0 Å². The SMILES string of the molecule is O=C(O[C@@H]1[C@@H](O[C@@H]2O[C@H](COCc3ccccc3)[C@@H](OCc3ccccc3)[C@H](OCc3ccccc3)[C@H]2OC(=O)c2ccccc2)[C@H](O)[C@@H](CO)O[C@H]1SC(C1CCCCC1)C1CCCCC1)c1ccccc1. The minimum atomic E-state index is -1.53. The molecule has 10 atom stereocenters. The molecule has 0 radical (unpaired) electrons. The van der Waals surface area contributed by atoms with Crippen LogP contribution in [0.2, 0.25) is 0 Å². The van der Waals surface area contributed by atoms with Crippen molar-refractivity contribution in [2.24, 2.45) is 11.8 Å². The molecule has 0 unspecified atom stereocenters. The summed E-state index contributed by atoms with van der Waals surface area (Å²) in [7, 11) is 0. The highest BCUT2D eigenvalue weighted by atomic mass is 32.2. The standard InChI is InChI=1S/C60H70O12S/c61-36-48-50(62)52(55(71-58(64)47-34-20-7-21-35-47)60(69-48)73-56(44-28-14-4-15-29-44)45-30-16-5-17-31-45)72-59-54(70-57(63)46-32-18-6-19-33-46)53(67-39-43-26-12-3-13-27-43)51(66-38-42-24-10-2-11-25-42)49(68-59)40-65-37-41-22-8-1-9-23-41/h1-3,6-13,18-27,32-35,44-45,48-56,59-62H,4-5,14-17,28-31,36-40H2/t48-,49-,50-,51-,52+,53+,54-,55-,59+,60+/m1/s1. The smallest absolute Gasteiger partial charge is 0.338 e. The topological polar surface area (TPSA) is 148 Å². The lowest BCUT2D eigenvalue weighted by molar-refractivity contribution is -0.346. The first kappa shape index (κ1) is 52.9. The van der Waals surface area contributed by atoms with Gasteiger partial charge in [-0.25, -0.2) is 9.59 Å². The number of aliphatic hydroxyl groups excluding tert-OH is 2. The second kappa shape index (κ2) is 27.0. The highest BCUT2D eigenvalue weighted by molar-refractivity contribution is 8.00. The van der Waals surface area contributed by atoms with E-state index in [-0.39, 0.29) is 37.2 Å². The van der Waals surface area contributed by atoms with Crippen molar-refractivity contribution in [1.29, 1.82) is 0 Å². The Bertz CT molecular complexity index is 2370. The zero-order valence-corrected chi connectivity index (χ0v) is 42.2. The normalized spacial score (nSPS) is 27.1. The van der Waals surface area contributed by atoms with E-state index in [1.165, 1.54) is 12.8 Å². The molecule has 5 aromatic rings. The third-order valence-corrected chi connectivity index (χ3v) is 16.4. The van der Waals surface area contributed by atoms with Gasteiger partial charge < -0.3 is 48.1 Å². The first-order valence-corrected chi connectivity index (χ1v) is 27.2. The maximum absolute atomic E-state index is 14.4. The molecule has 2 aliphatic carbocycles. The first-order valence-electron chi connectivity index (χ1n) is 26.3. The molecule has 13 heteroatoms. The molecule has 0 aromatic heterocycles. The van der Waals surface area contributed by atoms with Gasteiger partial charge in [-0.2, -0.15) is 0 Å². The predicted octanol–water partition coefficient (Wildman–Crippen LogP) is 10.3. The molecule has 5 aromatic carbocycles. The van der Waals surface area contributed by atoms with E-state index < -0.39 is 79.1 Å². The molecule has 4 fully saturated rings. The lowest BCUT2D eigenvalue weighted by Gasteiger charge is -2.50. The molecular weight excluding hydrogens is 945 g/mol. The highest BCUT2D eigenvalue weighted by Crippen LogP contribution is 2.47. The van der Waals surface area contributed by atoms with Gasteiger partial charge in [-0.3, -0.25) is 0 Å². The fraction of sp³-hybridized carbons (Fsp3) is 0.467. The number of aliphatic hydroxyl groups is 2. The Labute approximate surface area is 434 Å². The third kappa shape index (κ3) is 14.3. The van der Waals surface area contributed by atoms with E-state index in [2.05, 4.69) is 0 Å². The molecule has 0 bridgehead atoms. The molecule has 2 heterocycles. The Morgan fingerprint density at radius 1 is 0.521 bits per heavy atom. The van der Waals surface area contributed by atoms with Crippen molar-refractivity contribution in [3.8, 4) is 0 Å². The maximum atomic E-state index is 14.4. The summed E-state index contributed by atoms with van der Waals surface area (Å²) >= 11 is 1.65. The summed E-state index contributed by atoms with van der Waals surface area (Å²) in [6.07, 6.45) is 0.494. The van der Waals surface area contributed by atoms with Gasteiger partial charge in [0.15, 0.2) is 18.5 Å². The Kier molecular flexibility index (Phi) is 19.6. The summed E-state index contributed by atoms with van der Waals surface area (Å²) in [5.41, 5.74) is 2.45. The van der Waals surface area contributed by atoms with Crippen molar-refractivity contribution in [3.05, 3.63) is 179 Å². The minimum absolute atomic E-state index is 0.00368. The van der Waals surface area contributed by atoms with Gasteiger partial charge in [-0.15, -0.1) is 11.8 Å². The van der Waals surface area contributed by atoms with Gasteiger partial charge in [-0.05, 0) is 78.5 Å². The summed E-state index contributed by atoms with van der Waals surface area (Å²) in [4.78, 5) is 28.8. The van der Waals surface area contributed by atoms with Crippen LogP contribution < -0.4 is 0 Å². The number of ether oxygens (including phenoxy) is 8. The zero-order chi connectivity index (χ0) is 50.2. The fourth-order valence-electron chi connectivity index (χ4n) is 10.8. The summed E-state index contributed by atoms with van der Waals surface area (Å²) in [5.74, 6) is -0.451. The molecule has 2 saturated carbocycles. The van der Waals surface area contributed by atoms with Crippen LogP contribution in [0.25, 0.3) is 0 Å². The van der Waals surface area contributed by atoms with E-state index >= 15 is 0 Å². The van der Waals surface area contributed by atoms with E-state index in [1.807, 2.05) is 103 Å². The van der Waals surface area contributed by atoms with Gasteiger partial charge in [0.05, 0.1) is 44.2 Å². The van der Waals surface area contributed by atoms with Crippen LogP contribution in [-0.4, -0.2) is 101 Å². The van der Waals surface area contributed by atoms with Crippen LogP contribution in [0, 0.1) is 11.8 Å². The molecule has 2 N–H and O–H groups in total. The average molecular weight is 1020 g/mol. The van der Waals surface area contributed by atoms with E-state index in [1.54, 1.807) is 60.3 Å². The predicted molar refractivity (Wildman–Crippen MR) is 277 cm³/mol. The Hall–Kier alpha value is -4.93. The summed E-state index contributed by atoms with van der Waals surface area (Å²) < 4.78 is 54.2. The zero-order valence-electron chi connectivity index (χ0n) is 41.4. The van der Waals surface area contributed by atoms with Crippen LogP contribution >= 0.6 is 11.8 Å². The lowest BCUT2D eigenvalue weighted by atomic mass is 9.77. The average Bonchev–Trinajstić information content (AvgIpc) is 3.45. The number of rotatable bonds is 21. The van der Waals surface area contributed by atoms with Crippen LogP contribution in [0.4, 0.5) is 0 Å². The van der Waals surface area contributed by atoms with Gasteiger partial charge in [-0.1, -0.05) is 166 Å². The van der Waals surface area contributed by atoms with Crippen LogP contribution in [-0.2, 0) is 57.7 Å². The largest absolute Gasteiger partial charge is 0.452 e. The summed E-state index contributed by atoms with van der Waals surface area (Å²) in [6.45, 7) is -0.00994. The van der Waals surface area contributed by atoms with E-state index in [0.717, 1.165) is 68.1 Å². The Balaban J connectivity index is 1.12. The van der Waals surface area contributed by atoms with E-state index in [0.29, 0.717) is 17.4 Å². The number of carbonyl (C=O) groups is 2. The molecule has 2 aliphatic heterocycles. The molecule has 4 aliphatic rings. The van der Waals surface area contributed by atoms with Gasteiger partial charge in [0, 0.05) is 5.25 Å². The summed E-state index contributed by atoms with van der Waals surface area (Å²) in [6, 6.07) is 46.6. The molecule has 0 spiro atoms. The number of benzene rings is 5. The van der Waals surface area contributed by atoms with Crippen molar-refractivity contribution in [3.63, 3.8) is 0 Å². The third-order valence-electron chi connectivity index (χ3n) is 14.7. The number of carbonyl (C=O) groups excluding carboxylic acids is 2. The Morgan fingerprint density at radius 2 is 0.973 bits per heavy atom. The molecule has 73 heavy (non-hydrogen) atoms.